The zero-order valence-corrected chi connectivity index (χ0v) is 31.4. The first kappa shape index (κ1) is 36.9. The van der Waals surface area contributed by atoms with Gasteiger partial charge in [0.1, 0.15) is 11.9 Å². The molecule has 0 bridgehead atoms. The van der Waals surface area contributed by atoms with Crippen molar-refractivity contribution in [1.82, 2.24) is 14.5 Å². The van der Waals surface area contributed by atoms with Gasteiger partial charge in [0, 0.05) is 52.8 Å². The second-order valence-corrected chi connectivity index (χ2v) is 17.2. The average molecular weight is 784 g/mol. The Morgan fingerprint density at radius 1 is 1.00 bits per heavy atom. The van der Waals surface area contributed by atoms with Crippen LogP contribution in [0.3, 0.4) is 0 Å². The summed E-state index contributed by atoms with van der Waals surface area (Å²) >= 11 is 1.24. The number of hydrogen-bond acceptors (Lipinski definition) is 9. The lowest BCUT2D eigenvalue weighted by atomic mass is 9.82. The molecule has 4 aliphatic heterocycles. The molecule has 12 nitrogen and oxygen atoms in total. The van der Waals surface area contributed by atoms with Crippen LogP contribution in [0.2, 0.25) is 0 Å². The van der Waals surface area contributed by atoms with Crippen molar-refractivity contribution in [3.63, 3.8) is 0 Å². The van der Waals surface area contributed by atoms with Crippen molar-refractivity contribution >= 4 is 56.8 Å². The Labute approximate surface area is 321 Å². The van der Waals surface area contributed by atoms with Crippen molar-refractivity contribution in [3.8, 4) is 11.1 Å². The molecule has 15 heteroatoms. The maximum atomic E-state index is 15.5. The van der Waals surface area contributed by atoms with Crippen LogP contribution < -0.4 is 16.0 Å². The third-order valence-corrected chi connectivity index (χ3v) is 13.9. The smallest absolute Gasteiger partial charge is 0.255 e. The molecule has 4 aromatic carbocycles. The summed E-state index contributed by atoms with van der Waals surface area (Å²) < 4.78 is 45.0. The number of nitrogens with zero attached hydrogens (tertiary/aromatic N) is 2. The highest BCUT2D eigenvalue weighted by molar-refractivity contribution is 8.00. The van der Waals surface area contributed by atoms with Gasteiger partial charge in [0.2, 0.25) is 27.7 Å². The summed E-state index contributed by atoms with van der Waals surface area (Å²) in [4.78, 5) is 53.0. The van der Waals surface area contributed by atoms with Crippen molar-refractivity contribution in [1.29, 1.82) is 0 Å². The molecule has 0 spiro atoms. The number of fused-ring (bicyclic) bond motifs is 4. The van der Waals surface area contributed by atoms with E-state index in [0.29, 0.717) is 44.9 Å². The van der Waals surface area contributed by atoms with Gasteiger partial charge in [0.25, 0.3) is 5.91 Å². The van der Waals surface area contributed by atoms with Crippen LogP contribution >= 0.6 is 11.8 Å². The van der Waals surface area contributed by atoms with E-state index in [4.69, 9.17) is 0 Å². The van der Waals surface area contributed by atoms with Gasteiger partial charge in [-0.2, -0.15) is 4.31 Å². The van der Waals surface area contributed by atoms with Gasteiger partial charge in [-0.05, 0) is 91.1 Å². The molecule has 55 heavy (non-hydrogen) atoms. The fourth-order valence-corrected chi connectivity index (χ4v) is 10.7. The molecule has 1 unspecified atom stereocenters. The number of hydrogen-bond donors (Lipinski definition) is 4. The molecule has 4 aliphatic rings. The van der Waals surface area contributed by atoms with Crippen molar-refractivity contribution in [2.45, 2.75) is 60.6 Å². The average Bonchev–Trinajstić information content (AvgIpc) is 3.77. The molecule has 0 radical (unpaired) electrons. The van der Waals surface area contributed by atoms with Gasteiger partial charge in [0.05, 0.1) is 29.3 Å². The van der Waals surface area contributed by atoms with Crippen LogP contribution in [-0.4, -0.2) is 77.3 Å². The first-order valence-electron chi connectivity index (χ1n) is 18.0. The number of rotatable bonds is 9. The maximum Gasteiger partial charge on any atom is 0.255 e. The number of imide groups is 1. The topological polar surface area (TPSA) is 165 Å². The molecular weight excluding hydrogens is 746 g/mol. The Bertz CT molecular complexity index is 2360. The first-order valence-corrected chi connectivity index (χ1v) is 20.4. The number of aryl methyl sites for hydroxylation is 1. The number of piperidine rings is 1. The van der Waals surface area contributed by atoms with Crippen LogP contribution in [0.1, 0.15) is 52.4 Å². The SMILES string of the molecule is Cc1ccc(S(=O)(=O)N2CC[C@@H]3[C@H](CO)Nc4ccc(-c5cc(NC(=O)CSc6cccc7c6CN(C6CCC(=O)NC6=O)C7=O)ccc5F)cc4[C@@H]32)cc1. The van der Waals surface area contributed by atoms with E-state index in [1.807, 2.05) is 13.0 Å². The summed E-state index contributed by atoms with van der Waals surface area (Å²) in [6.45, 7) is 2.15. The van der Waals surface area contributed by atoms with E-state index in [0.717, 1.165) is 5.56 Å². The summed E-state index contributed by atoms with van der Waals surface area (Å²) in [7, 11) is -3.90. The zero-order chi connectivity index (χ0) is 38.6. The number of nitrogens with one attached hydrogen (secondary N) is 3. The highest BCUT2D eigenvalue weighted by atomic mass is 32.2. The lowest BCUT2D eigenvalue weighted by Crippen LogP contribution is -2.52. The minimum Gasteiger partial charge on any atom is -0.394 e. The van der Waals surface area contributed by atoms with E-state index >= 15 is 4.39 Å². The minimum atomic E-state index is -3.90. The summed E-state index contributed by atoms with van der Waals surface area (Å²) in [5, 5.41) is 18.8. The third-order valence-electron chi connectivity index (χ3n) is 10.9. The molecule has 0 aromatic heterocycles. The van der Waals surface area contributed by atoms with Crippen molar-refractivity contribution < 1.29 is 37.1 Å². The second-order valence-electron chi connectivity index (χ2n) is 14.3. The van der Waals surface area contributed by atoms with Crippen molar-refractivity contribution in [3.05, 3.63) is 107 Å². The normalized spacial score (nSPS) is 22.1. The maximum absolute atomic E-state index is 15.5. The molecule has 4 aromatic rings. The van der Waals surface area contributed by atoms with E-state index in [2.05, 4.69) is 16.0 Å². The van der Waals surface area contributed by atoms with Crippen molar-refractivity contribution in [2.24, 2.45) is 5.92 Å². The third kappa shape index (κ3) is 6.79. The standard InChI is InChI=1S/C40H38FN5O7S2/c1-22-5-9-25(10-6-22)55(52,53)46-16-15-27-33(20-47)43-32-12-7-23(17-29(32)38(27)46)28-18-24(8-11-31(28)41)42-37(49)21-54-35-4-2-3-26-30(35)19-45(40(26)51)34-13-14-36(48)44-39(34)50/h2-12,17-18,27,33-34,38,43,47H,13-16,19-21H2,1H3,(H,42,49)(H,44,48,50)/t27-,33+,34?,38-/m1/s1. The Balaban J connectivity index is 1.00. The number of carbonyl (C=O) groups excluding carboxylic acids is 4. The molecule has 4 amide bonds. The van der Waals surface area contributed by atoms with Gasteiger partial charge < -0.3 is 20.6 Å². The number of anilines is 2. The Morgan fingerprint density at radius 2 is 1.80 bits per heavy atom. The van der Waals surface area contributed by atoms with Crippen LogP contribution in [0, 0.1) is 18.7 Å². The van der Waals surface area contributed by atoms with Gasteiger partial charge in [0.15, 0.2) is 0 Å². The lowest BCUT2D eigenvalue weighted by Gasteiger charge is -2.39. The van der Waals surface area contributed by atoms with Gasteiger partial charge >= 0.3 is 0 Å². The lowest BCUT2D eigenvalue weighted by molar-refractivity contribution is -0.137. The second kappa shape index (κ2) is 14.5. The molecule has 8 rings (SSSR count). The van der Waals surface area contributed by atoms with E-state index < -0.39 is 33.8 Å². The molecule has 4 atom stereocenters. The van der Waals surface area contributed by atoms with Crippen LogP contribution in [0.5, 0.6) is 0 Å². The van der Waals surface area contributed by atoms with Gasteiger partial charge in [-0.3, -0.25) is 24.5 Å². The summed E-state index contributed by atoms with van der Waals surface area (Å²) in [5.41, 5.74) is 4.50. The van der Waals surface area contributed by atoms with Crippen LogP contribution in [0.25, 0.3) is 11.1 Å². The summed E-state index contributed by atoms with van der Waals surface area (Å²) in [6, 6.07) is 19.8. The summed E-state index contributed by atoms with van der Waals surface area (Å²) in [5.74, 6) is -2.28. The van der Waals surface area contributed by atoms with Gasteiger partial charge in [-0.15, -0.1) is 11.8 Å². The molecule has 284 valence electrons. The quantitative estimate of drug-likeness (QED) is 0.138. The number of thioether (sulfide) groups is 1. The van der Waals surface area contributed by atoms with Crippen LogP contribution in [-0.2, 0) is 31.0 Å². The number of carbonyl (C=O) groups is 4. The fourth-order valence-electron chi connectivity index (χ4n) is 8.16. The predicted molar refractivity (Wildman–Crippen MR) is 204 cm³/mol. The number of benzene rings is 4. The van der Waals surface area contributed by atoms with E-state index in [-0.39, 0.29) is 78.4 Å². The molecule has 4 heterocycles. The molecule has 2 fully saturated rings. The predicted octanol–water partition coefficient (Wildman–Crippen LogP) is 4.83. The molecule has 0 aliphatic carbocycles. The molecular formula is C40H38FN5O7S2. The van der Waals surface area contributed by atoms with Crippen molar-refractivity contribution in [2.75, 3.05) is 29.5 Å². The van der Waals surface area contributed by atoms with E-state index in [1.165, 1.54) is 39.2 Å². The Hall–Kier alpha value is -5.09. The summed E-state index contributed by atoms with van der Waals surface area (Å²) in [6.07, 6.45) is 0.930. The van der Waals surface area contributed by atoms with Gasteiger partial charge in [-0.25, -0.2) is 12.8 Å². The molecule has 0 saturated carbocycles. The minimum absolute atomic E-state index is 0.0132. The van der Waals surface area contributed by atoms with E-state index in [1.54, 1.807) is 54.6 Å². The number of amides is 4. The van der Waals surface area contributed by atoms with Crippen LogP contribution in [0.15, 0.2) is 88.7 Å². The largest absolute Gasteiger partial charge is 0.394 e. The number of aliphatic hydroxyl groups is 1. The highest BCUT2D eigenvalue weighted by Crippen LogP contribution is 2.49. The van der Waals surface area contributed by atoms with E-state index in [9.17, 15) is 32.7 Å². The van der Waals surface area contributed by atoms with Crippen LogP contribution in [0.4, 0.5) is 15.8 Å². The van der Waals surface area contributed by atoms with Gasteiger partial charge in [-0.1, -0.05) is 29.8 Å². The number of halogens is 1. The molecule has 2 saturated heterocycles. The fraction of sp³-hybridized carbons (Fsp3) is 0.300. The monoisotopic (exact) mass is 783 g/mol. The number of sulfonamides is 1. The Kier molecular flexibility index (Phi) is 9.74. The number of aliphatic hydroxyl groups excluding tert-OH is 1. The first-order chi connectivity index (χ1) is 26.4. The highest BCUT2D eigenvalue weighted by Gasteiger charge is 2.48. The zero-order valence-electron chi connectivity index (χ0n) is 29.8. The Morgan fingerprint density at radius 3 is 2.56 bits per heavy atom. The molecule has 4 N–H and O–H groups in total.